The second kappa shape index (κ2) is 8.20. The maximum absolute atomic E-state index is 7.18. The second-order valence-electron chi connectivity index (χ2n) is 8.04. The summed E-state index contributed by atoms with van der Waals surface area (Å²) in [5.74, 6) is 2.38. The molecule has 142 valence electrons. The van der Waals surface area contributed by atoms with Crippen molar-refractivity contribution in [2.45, 2.75) is 26.7 Å². The summed E-state index contributed by atoms with van der Waals surface area (Å²) in [6.07, 6.45) is 4.62. The zero-order valence-electron chi connectivity index (χ0n) is 16.7. The molecule has 0 saturated carbocycles. The van der Waals surface area contributed by atoms with Gasteiger partial charge in [0.05, 0.1) is 5.76 Å². The molecule has 1 aliphatic rings. The van der Waals surface area contributed by atoms with Crippen molar-refractivity contribution < 1.29 is 4.43 Å². The van der Waals surface area contributed by atoms with Gasteiger partial charge in [0.15, 0.2) is 0 Å². The fraction of sp³-hybridized carbons (Fsp3) is 0.231. The Kier molecular flexibility index (Phi) is 5.49. The van der Waals surface area contributed by atoms with Gasteiger partial charge >= 0.3 is 8.32 Å². The van der Waals surface area contributed by atoms with Gasteiger partial charge in [-0.3, -0.25) is 0 Å². The van der Waals surface area contributed by atoms with Crippen LogP contribution < -0.4 is 15.6 Å². The first kappa shape index (κ1) is 18.8. The van der Waals surface area contributed by atoms with Gasteiger partial charge in [-0.2, -0.15) is 0 Å². The van der Waals surface area contributed by atoms with Gasteiger partial charge in [-0.25, -0.2) is 0 Å². The molecule has 28 heavy (non-hydrogen) atoms. The van der Waals surface area contributed by atoms with Crippen LogP contribution in [0.2, 0.25) is 0 Å². The lowest BCUT2D eigenvalue weighted by atomic mass is 9.88. The molecule has 0 N–H and O–H groups in total. The topological polar surface area (TPSA) is 9.23 Å². The molecule has 0 aliphatic heterocycles. The maximum Gasteiger partial charge on any atom is 0.346 e. The molecule has 4 rings (SSSR count). The van der Waals surface area contributed by atoms with Crippen molar-refractivity contribution in [1.29, 1.82) is 0 Å². The Morgan fingerprint density at radius 3 is 1.50 bits per heavy atom. The van der Waals surface area contributed by atoms with Crippen molar-refractivity contribution in [3.8, 4) is 0 Å². The molecule has 2 atom stereocenters. The molecule has 0 bridgehead atoms. The van der Waals surface area contributed by atoms with E-state index in [9.17, 15) is 0 Å². The van der Waals surface area contributed by atoms with Crippen LogP contribution in [-0.2, 0) is 4.43 Å². The first-order valence-corrected chi connectivity index (χ1v) is 12.2. The van der Waals surface area contributed by atoms with E-state index in [-0.39, 0.29) is 0 Å². The van der Waals surface area contributed by atoms with E-state index in [1.54, 1.807) is 0 Å². The zero-order chi connectivity index (χ0) is 19.4. The molecule has 0 aromatic heterocycles. The van der Waals surface area contributed by atoms with E-state index in [1.807, 2.05) is 0 Å². The Morgan fingerprint density at radius 2 is 1.11 bits per heavy atom. The van der Waals surface area contributed by atoms with Gasteiger partial charge in [0, 0.05) is 6.42 Å². The number of hydrogen-bond acceptors (Lipinski definition) is 1. The van der Waals surface area contributed by atoms with E-state index < -0.39 is 8.32 Å². The van der Waals surface area contributed by atoms with Gasteiger partial charge in [-0.15, -0.1) is 0 Å². The zero-order valence-corrected chi connectivity index (χ0v) is 17.7. The average molecular weight is 385 g/mol. The lowest BCUT2D eigenvalue weighted by molar-refractivity contribution is 0.324. The summed E-state index contributed by atoms with van der Waals surface area (Å²) in [5.41, 5.74) is 0. The summed E-state index contributed by atoms with van der Waals surface area (Å²) in [6.45, 7) is 4.64. The van der Waals surface area contributed by atoms with Gasteiger partial charge < -0.3 is 4.43 Å². The van der Waals surface area contributed by atoms with E-state index >= 15 is 0 Å². The highest BCUT2D eigenvalue weighted by Crippen LogP contribution is 2.30. The van der Waals surface area contributed by atoms with E-state index in [1.165, 1.54) is 22.0 Å². The fourth-order valence-electron chi connectivity index (χ4n) is 4.48. The Hall–Kier alpha value is -2.58. The van der Waals surface area contributed by atoms with Crippen molar-refractivity contribution in [2.24, 2.45) is 11.8 Å². The van der Waals surface area contributed by atoms with Crippen LogP contribution in [-0.4, -0.2) is 8.32 Å². The van der Waals surface area contributed by atoms with Gasteiger partial charge in [0.2, 0.25) is 0 Å². The third-order valence-corrected chi connectivity index (χ3v) is 9.63. The highest BCUT2D eigenvalue weighted by atomic mass is 28.4. The quantitative estimate of drug-likeness (QED) is 0.461. The van der Waals surface area contributed by atoms with Crippen LogP contribution in [0.5, 0.6) is 0 Å². The lowest BCUT2D eigenvalue weighted by Crippen LogP contribution is -2.69. The Balaban J connectivity index is 1.94. The largest absolute Gasteiger partial charge is 0.534 e. The molecule has 0 saturated heterocycles. The predicted octanol–water partition coefficient (Wildman–Crippen LogP) is 4.62. The number of rotatable bonds is 5. The Morgan fingerprint density at radius 1 is 0.679 bits per heavy atom. The minimum absolute atomic E-state index is 0.563. The van der Waals surface area contributed by atoms with Crippen molar-refractivity contribution in [1.82, 2.24) is 0 Å². The first-order valence-electron chi connectivity index (χ1n) is 10.2. The van der Waals surface area contributed by atoms with Gasteiger partial charge in [-0.1, -0.05) is 105 Å². The molecular formula is C26H28OSi. The van der Waals surface area contributed by atoms with E-state index in [0.717, 1.165) is 12.2 Å². The van der Waals surface area contributed by atoms with Crippen LogP contribution in [0.25, 0.3) is 0 Å². The third kappa shape index (κ3) is 3.70. The molecule has 3 aromatic rings. The molecule has 2 heteroatoms. The van der Waals surface area contributed by atoms with Crippen molar-refractivity contribution in [3.05, 3.63) is 103 Å². The summed E-state index contributed by atoms with van der Waals surface area (Å²) in [4.78, 5) is 0. The highest BCUT2D eigenvalue weighted by molar-refractivity contribution is 7.07. The molecule has 0 heterocycles. The summed E-state index contributed by atoms with van der Waals surface area (Å²) in [7, 11) is -2.64. The van der Waals surface area contributed by atoms with E-state index in [0.29, 0.717) is 11.8 Å². The van der Waals surface area contributed by atoms with E-state index in [4.69, 9.17) is 4.43 Å². The Bertz CT molecular complexity index is 822. The summed E-state index contributed by atoms with van der Waals surface area (Å²) >= 11 is 0. The molecular weight excluding hydrogens is 356 g/mol. The van der Waals surface area contributed by atoms with Crippen molar-refractivity contribution >= 4 is 23.9 Å². The molecule has 0 fully saturated rings. The SMILES string of the molecule is C[C@H]1CC(O[Si](c2ccccc2)(c2ccccc2)c2ccccc2)=C[C@@H](C)C1. The average Bonchev–Trinajstić information content (AvgIpc) is 2.73. The molecule has 0 unspecified atom stereocenters. The van der Waals surface area contributed by atoms with Crippen LogP contribution in [0, 0.1) is 11.8 Å². The Labute approximate surface area is 169 Å². The minimum atomic E-state index is -2.64. The second-order valence-corrected chi connectivity index (χ2v) is 11.3. The summed E-state index contributed by atoms with van der Waals surface area (Å²) in [6, 6.07) is 32.5. The van der Waals surface area contributed by atoms with Gasteiger partial charge in [-0.05, 0) is 39.9 Å². The minimum Gasteiger partial charge on any atom is -0.534 e. The fourth-order valence-corrected chi connectivity index (χ4v) is 8.37. The molecule has 3 aromatic carbocycles. The highest BCUT2D eigenvalue weighted by Gasteiger charge is 2.44. The number of hydrogen-bond donors (Lipinski definition) is 0. The first-order chi connectivity index (χ1) is 13.7. The normalized spacial score (nSPS) is 19.7. The maximum atomic E-state index is 7.18. The summed E-state index contributed by atoms with van der Waals surface area (Å²) in [5, 5.41) is 3.87. The molecule has 1 aliphatic carbocycles. The molecule has 0 radical (unpaired) electrons. The van der Waals surface area contributed by atoms with Crippen LogP contribution >= 0.6 is 0 Å². The lowest BCUT2D eigenvalue weighted by Gasteiger charge is -2.36. The van der Waals surface area contributed by atoms with Crippen molar-refractivity contribution in [3.63, 3.8) is 0 Å². The predicted molar refractivity (Wildman–Crippen MR) is 121 cm³/mol. The van der Waals surface area contributed by atoms with E-state index in [2.05, 4.69) is 111 Å². The molecule has 0 spiro atoms. The molecule has 1 nitrogen and oxygen atoms in total. The number of benzene rings is 3. The number of allylic oxidation sites excluding steroid dienone is 2. The van der Waals surface area contributed by atoms with Crippen LogP contribution in [0.3, 0.4) is 0 Å². The van der Waals surface area contributed by atoms with Crippen LogP contribution in [0.1, 0.15) is 26.7 Å². The monoisotopic (exact) mass is 384 g/mol. The standard InChI is InChI=1S/C26H28OSi/c1-21-18-22(2)20-23(19-21)27-28(24-12-6-3-7-13-24,25-14-8-4-9-15-25)26-16-10-5-11-17-26/h3-17,19,21-22H,18,20H2,1-2H3/t21-,22+/m0/s1. The van der Waals surface area contributed by atoms with Gasteiger partial charge in [0.1, 0.15) is 0 Å². The smallest absolute Gasteiger partial charge is 0.346 e. The summed E-state index contributed by atoms with van der Waals surface area (Å²) < 4.78 is 7.18. The molecule has 0 amide bonds. The van der Waals surface area contributed by atoms with Crippen LogP contribution in [0.15, 0.2) is 103 Å². The van der Waals surface area contributed by atoms with Gasteiger partial charge in [0.25, 0.3) is 0 Å². The third-order valence-electron chi connectivity index (χ3n) is 5.62. The van der Waals surface area contributed by atoms with Crippen molar-refractivity contribution in [2.75, 3.05) is 0 Å². The van der Waals surface area contributed by atoms with Crippen LogP contribution in [0.4, 0.5) is 0 Å².